The Kier molecular flexibility index (Phi) is 4.51. The Hall–Kier alpha value is -3.04. The van der Waals surface area contributed by atoms with Crippen molar-refractivity contribution in [2.45, 2.75) is 32.0 Å². The molecule has 0 fully saturated rings. The molecule has 2 heterocycles. The molecular weight excluding hydrogens is 389 g/mol. The van der Waals surface area contributed by atoms with Gasteiger partial charge >= 0.3 is 6.18 Å². The van der Waals surface area contributed by atoms with Gasteiger partial charge in [-0.15, -0.1) is 5.10 Å². The molecule has 1 aromatic carbocycles. The van der Waals surface area contributed by atoms with E-state index in [2.05, 4.69) is 15.4 Å². The molecule has 1 aromatic heterocycles. The summed E-state index contributed by atoms with van der Waals surface area (Å²) in [6, 6.07) is 4.07. The van der Waals surface area contributed by atoms with E-state index in [9.17, 15) is 18.0 Å². The SMILES string of the molecule is COc1ccc([C@@H]2C3=C(C[C@@H](C)CC3=O)Nc3nc(C(F)(F)F)nn32)c(OC)c1. The molecule has 0 spiro atoms. The van der Waals surface area contributed by atoms with Crippen LogP contribution in [0.15, 0.2) is 29.5 Å². The number of benzene rings is 1. The summed E-state index contributed by atoms with van der Waals surface area (Å²) in [4.78, 5) is 16.5. The van der Waals surface area contributed by atoms with Crippen LogP contribution in [0.2, 0.25) is 0 Å². The molecule has 0 unspecified atom stereocenters. The molecule has 1 aliphatic carbocycles. The number of allylic oxidation sites excluding steroid dienone is 2. The standard InChI is InChI=1S/C19H19F3N4O3/c1-9-6-12-15(13(27)7-9)16(11-5-4-10(28-2)8-14(11)29-3)26-18(23-12)24-17(25-26)19(20,21)22/h4-5,8-9,16H,6-7H2,1-3H3,(H,23,24,25)/t9-,16-/m1/s1. The van der Waals surface area contributed by atoms with Gasteiger partial charge in [0.25, 0.3) is 5.82 Å². The lowest BCUT2D eigenvalue weighted by molar-refractivity contribution is -0.145. The lowest BCUT2D eigenvalue weighted by Gasteiger charge is -2.34. The molecule has 0 bridgehead atoms. The maximum atomic E-state index is 13.3. The van der Waals surface area contributed by atoms with Crippen LogP contribution < -0.4 is 14.8 Å². The van der Waals surface area contributed by atoms with E-state index >= 15 is 0 Å². The molecule has 29 heavy (non-hydrogen) atoms. The van der Waals surface area contributed by atoms with Crippen molar-refractivity contribution < 1.29 is 27.4 Å². The van der Waals surface area contributed by atoms with Crippen molar-refractivity contribution in [3.63, 3.8) is 0 Å². The average Bonchev–Trinajstić information content (AvgIpc) is 3.09. The predicted octanol–water partition coefficient (Wildman–Crippen LogP) is 3.58. The maximum absolute atomic E-state index is 13.3. The molecule has 7 nitrogen and oxygen atoms in total. The van der Waals surface area contributed by atoms with Crippen LogP contribution in [0.3, 0.4) is 0 Å². The zero-order chi connectivity index (χ0) is 20.9. The van der Waals surface area contributed by atoms with E-state index < -0.39 is 18.0 Å². The number of halogens is 3. The van der Waals surface area contributed by atoms with Crippen LogP contribution in [0, 0.1) is 5.92 Å². The second-order valence-electron chi connectivity index (χ2n) is 7.17. The molecule has 0 radical (unpaired) electrons. The number of nitrogens with one attached hydrogen (secondary N) is 1. The third-order valence-corrected chi connectivity index (χ3v) is 5.11. The van der Waals surface area contributed by atoms with E-state index in [0.717, 1.165) is 4.68 Å². The number of Topliss-reactive ketones (excluding diaryl/α,β-unsaturated/α-hetero) is 1. The monoisotopic (exact) mass is 408 g/mol. The number of alkyl halides is 3. The lowest BCUT2D eigenvalue weighted by atomic mass is 9.81. The zero-order valence-corrected chi connectivity index (χ0v) is 16.0. The van der Waals surface area contributed by atoms with Gasteiger partial charge in [-0.2, -0.15) is 18.2 Å². The van der Waals surface area contributed by atoms with Gasteiger partial charge in [0.1, 0.15) is 17.5 Å². The normalized spacial score (nSPS) is 21.4. The fraction of sp³-hybridized carbons (Fsp3) is 0.421. The Morgan fingerprint density at radius 2 is 1.97 bits per heavy atom. The number of fused-ring (bicyclic) bond motifs is 1. The molecule has 4 rings (SSSR count). The molecule has 1 N–H and O–H groups in total. The number of ether oxygens (including phenoxy) is 2. The Balaban J connectivity index is 1.94. The molecule has 0 amide bonds. The van der Waals surface area contributed by atoms with Crippen LogP contribution in [-0.4, -0.2) is 34.8 Å². The Morgan fingerprint density at radius 3 is 2.62 bits per heavy atom. The summed E-state index contributed by atoms with van der Waals surface area (Å²) in [6.45, 7) is 1.92. The summed E-state index contributed by atoms with van der Waals surface area (Å²) in [5, 5.41) is 6.58. The quantitative estimate of drug-likeness (QED) is 0.837. The first kappa shape index (κ1) is 19.3. The van der Waals surface area contributed by atoms with Crippen LogP contribution in [0.4, 0.5) is 19.1 Å². The van der Waals surface area contributed by atoms with Crippen molar-refractivity contribution in [3.05, 3.63) is 40.9 Å². The topological polar surface area (TPSA) is 78.3 Å². The molecule has 2 atom stereocenters. The number of carbonyl (C=O) groups is 1. The van der Waals surface area contributed by atoms with Gasteiger partial charge in [0.2, 0.25) is 5.95 Å². The van der Waals surface area contributed by atoms with Crippen molar-refractivity contribution in [3.8, 4) is 11.5 Å². The predicted molar refractivity (Wildman–Crippen MR) is 96.8 cm³/mol. The first-order valence-electron chi connectivity index (χ1n) is 9.01. The van der Waals surface area contributed by atoms with E-state index in [1.54, 1.807) is 18.2 Å². The average molecular weight is 408 g/mol. The van der Waals surface area contributed by atoms with Crippen LogP contribution >= 0.6 is 0 Å². The lowest BCUT2D eigenvalue weighted by Crippen LogP contribution is -2.33. The Labute approximate surface area is 164 Å². The fourth-order valence-electron chi connectivity index (χ4n) is 3.86. The minimum absolute atomic E-state index is 0.0548. The van der Waals surface area contributed by atoms with Crippen molar-refractivity contribution in [2.75, 3.05) is 19.5 Å². The third-order valence-electron chi connectivity index (χ3n) is 5.11. The van der Waals surface area contributed by atoms with Gasteiger partial charge < -0.3 is 14.8 Å². The molecule has 0 saturated carbocycles. The van der Waals surface area contributed by atoms with Crippen molar-refractivity contribution >= 4 is 11.7 Å². The highest BCUT2D eigenvalue weighted by atomic mass is 19.4. The maximum Gasteiger partial charge on any atom is 0.453 e. The van der Waals surface area contributed by atoms with Crippen LogP contribution in [0.5, 0.6) is 11.5 Å². The van der Waals surface area contributed by atoms with Gasteiger partial charge in [-0.3, -0.25) is 4.79 Å². The number of hydrogen-bond donors (Lipinski definition) is 1. The molecule has 154 valence electrons. The number of rotatable bonds is 3. The molecular formula is C19H19F3N4O3. The molecule has 2 aromatic rings. The number of carbonyl (C=O) groups excluding carboxylic acids is 1. The van der Waals surface area contributed by atoms with Gasteiger partial charge in [0.05, 0.1) is 14.2 Å². The first-order chi connectivity index (χ1) is 13.7. The highest BCUT2D eigenvalue weighted by Gasteiger charge is 2.43. The third kappa shape index (κ3) is 3.22. The van der Waals surface area contributed by atoms with Crippen molar-refractivity contribution in [1.82, 2.24) is 14.8 Å². The van der Waals surface area contributed by atoms with Crippen LogP contribution in [0.25, 0.3) is 0 Å². The Morgan fingerprint density at radius 1 is 1.21 bits per heavy atom. The van der Waals surface area contributed by atoms with Gasteiger partial charge in [-0.25, -0.2) is 4.68 Å². The summed E-state index contributed by atoms with van der Waals surface area (Å²) in [6.07, 6.45) is -3.87. The molecule has 2 aliphatic rings. The van der Waals surface area contributed by atoms with E-state index in [1.165, 1.54) is 14.2 Å². The molecule has 10 heteroatoms. The number of methoxy groups -OCH3 is 2. The van der Waals surface area contributed by atoms with E-state index in [0.29, 0.717) is 41.2 Å². The second kappa shape index (κ2) is 6.78. The van der Waals surface area contributed by atoms with Crippen LogP contribution in [-0.2, 0) is 11.0 Å². The number of ketones is 1. The van der Waals surface area contributed by atoms with Crippen molar-refractivity contribution in [1.29, 1.82) is 0 Å². The molecule has 0 saturated heterocycles. The number of aromatic nitrogens is 3. The number of nitrogens with zero attached hydrogens (tertiary/aromatic N) is 3. The van der Waals surface area contributed by atoms with Gasteiger partial charge in [-0.05, 0) is 24.5 Å². The minimum Gasteiger partial charge on any atom is -0.497 e. The van der Waals surface area contributed by atoms with Crippen molar-refractivity contribution in [2.24, 2.45) is 5.92 Å². The zero-order valence-electron chi connectivity index (χ0n) is 16.0. The van der Waals surface area contributed by atoms with E-state index in [1.807, 2.05) is 6.92 Å². The van der Waals surface area contributed by atoms with E-state index in [-0.39, 0.29) is 17.6 Å². The number of hydrogen-bond acceptors (Lipinski definition) is 6. The second-order valence-corrected chi connectivity index (χ2v) is 7.17. The van der Waals surface area contributed by atoms with E-state index in [4.69, 9.17) is 9.47 Å². The minimum atomic E-state index is -4.71. The summed E-state index contributed by atoms with van der Waals surface area (Å²) >= 11 is 0. The first-order valence-corrected chi connectivity index (χ1v) is 9.01. The highest BCUT2D eigenvalue weighted by molar-refractivity contribution is 5.99. The van der Waals surface area contributed by atoms with Crippen LogP contribution in [0.1, 0.15) is 37.2 Å². The van der Waals surface area contributed by atoms with Gasteiger partial charge in [0, 0.05) is 29.3 Å². The summed E-state index contributed by atoms with van der Waals surface area (Å²) in [7, 11) is 2.94. The summed E-state index contributed by atoms with van der Waals surface area (Å²) in [5.74, 6) is -0.483. The smallest absolute Gasteiger partial charge is 0.453 e. The number of anilines is 1. The Bertz CT molecular complexity index is 1010. The largest absolute Gasteiger partial charge is 0.497 e. The summed E-state index contributed by atoms with van der Waals surface area (Å²) < 4.78 is 51.6. The fourth-order valence-corrected chi connectivity index (χ4v) is 3.86. The van der Waals surface area contributed by atoms with Gasteiger partial charge in [0.15, 0.2) is 5.78 Å². The van der Waals surface area contributed by atoms with Gasteiger partial charge in [-0.1, -0.05) is 6.92 Å². The highest BCUT2D eigenvalue weighted by Crippen LogP contribution is 2.45. The summed E-state index contributed by atoms with van der Waals surface area (Å²) in [5.41, 5.74) is 1.47. The molecule has 1 aliphatic heterocycles.